The molecule has 0 aromatic carbocycles. The average molecular weight is 481 g/mol. The highest BCUT2D eigenvalue weighted by molar-refractivity contribution is 6.02. The molecule has 5 heterocycles. The van der Waals surface area contributed by atoms with Crippen LogP contribution in [-0.2, 0) is 38.4 Å². The lowest BCUT2D eigenvalue weighted by Gasteiger charge is -2.55. The normalized spacial score (nSPS) is 28.7. The molecule has 4 amide bonds. The molecule has 0 spiro atoms. The van der Waals surface area contributed by atoms with Crippen molar-refractivity contribution in [3.63, 3.8) is 0 Å². The number of carbonyl (C=O) groups is 6. The summed E-state index contributed by atoms with van der Waals surface area (Å²) in [6.07, 6.45) is 1.96. The summed E-state index contributed by atoms with van der Waals surface area (Å²) < 4.78 is 1.91. The van der Waals surface area contributed by atoms with Gasteiger partial charge in [0, 0.05) is 38.5 Å². The number of piperazine rings is 3. The van der Waals surface area contributed by atoms with E-state index in [0.29, 0.717) is 23.0 Å². The first-order chi connectivity index (χ1) is 16.2. The van der Waals surface area contributed by atoms with E-state index in [0.717, 1.165) is 61.3 Å². The molecule has 5 rings (SSSR count). The number of hydrogen-bond donors (Lipinski definition) is 0. The molecule has 12 heteroatoms. The topological polar surface area (TPSA) is 127 Å². The molecule has 186 valence electrons. The van der Waals surface area contributed by atoms with Gasteiger partial charge in [0.1, 0.15) is 39.3 Å². The van der Waals surface area contributed by atoms with E-state index in [2.05, 4.69) is 0 Å². The van der Waals surface area contributed by atoms with Gasteiger partial charge in [-0.25, -0.2) is 9.59 Å². The van der Waals surface area contributed by atoms with E-state index in [4.69, 9.17) is 9.68 Å². The summed E-state index contributed by atoms with van der Waals surface area (Å²) in [6, 6.07) is 0. The van der Waals surface area contributed by atoms with Crippen molar-refractivity contribution in [2.24, 2.45) is 0 Å². The van der Waals surface area contributed by atoms with Gasteiger partial charge >= 0.3 is 11.9 Å². The fraction of sp³-hybridized carbons (Fsp3) is 0.727. The first-order valence-electron chi connectivity index (χ1n) is 12.0. The predicted octanol–water partition coefficient (Wildman–Crippen LogP) is -0.578. The third-order valence-corrected chi connectivity index (χ3v) is 7.57. The number of imide groups is 2. The van der Waals surface area contributed by atoms with Gasteiger partial charge in [0.25, 0.3) is 23.6 Å². The third kappa shape index (κ3) is 5.27. The van der Waals surface area contributed by atoms with Gasteiger partial charge in [-0.15, -0.1) is 10.1 Å². The minimum Gasteiger partial charge on any atom is -0.330 e. The second kappa shape index (κ2) is 9.79. The molecule has 12 nitrogen and oxygen atoms in total. The highest BCUT2D eigenvalue weighted by Crippen LogP contribution is 2.28. The van der Waals surface area contributed by atoms with E-state index < -0.39 is 35.6 Å². The van der Waals surface area contributed by atoms with Crippen molar-refractivity contribution in [3.8, 4) is 0 Å². The maximum absolute atomic E-state index is 12.0. The molecule has 5 saturated heterocycles. The first-order valence-corrected chi connectivity index (χ1v) is 12.0. The monoisotopic (exact) mass is 480 g/mol. The second-order valence-electron chi connectivity index (χ2n) is 9.77. The molecule has 0 aromatic rings. The maximum Gasteiger partial charge on any atom is 0.333 e. The standard InChI is InChI=1S/C22H32N4O8/c27-17-5-6-18(28)23(17)33-21(31)3-1-9-25-11-14-26(15-12-25,16-13-25)10-2-4-22(32)34-24-19(29)7-8-20(24)30/h1-16H2/q+2. The predicted molar refractivity (Wildman–Crippen MR) is 112 cm³/mol. The van der Waals surface area contributed by atoms with Crippen LogP contribution >= 0.6 is 0 Å². The molecule has 2 bridgehead atoms. The number of fused-ring (bicyclic) bond motifs is 3. The Bertz CT molecular complexity index is 775. The Morgan fingerprint density at radius 2 is 0.882 bits per heavy atom. The van der Waals surface area contributed by atoms with Gasteiger partial charge in [0.15, 0.2) is 0 Å². The van der Waals surface area contributed by atoms with E-state index in [9.17, 15) is 28.8 Å². The van der Waals surface area contributed by atoms with Crippen LogP contribution < -0.4 is 0 Å². The van der Waals surface area contributed by atoms with Crippen LogP contribution in [0.5, 0.6) is 0 Å². The Labute approximate surface area is 197 Å². The Hall–Kier alpha value is -2.86. The maximum atomic E-state index is 12.0. The molecule has 0 aromatic heterocycles. The van der Waals surface area contributed by atoms with E-state index in [1.165, 1.54) is 0 Å². The molecule has 0 N–H and O–H groups in total. The van der Waals surface area contributed by atoms with Crippen molar-refractivity contribution in [2.45, 2.75) is 51.4 Å². The Balaban J connectivity index is 1.14. The zero-order chi connectivity index (χ0) is 24.3. The van der Waals surface area contributed by atoms with Crippen molar-refractivity contribution in [2.75, 3.05) is 52.4 Å². The van der Waals surface area contributed by atoms with Crippen LogP contribution in [-0.4, -0.2) is 107 Å². The van der Waals surface area contributed by atoms with Crippen LogP contribution in [0, 0.1) is 0 Å². The number of hydrogen-bond acceptors (Lipinski definition) is 8. The summed E-state index contributed by atoms with van der Waals surface area (Å²) in [5.41, 5.74) is 0. The molecule has 0 radical (unpaired) electrons. The molecule has 0 atom stereocenters. The SMILES string of the molecule is O=C(CCC[N+]12CC[N+](CCCC(=O)ON3C(=O)CCC3=O)(CC1)CC2)ON1C(=O)CCC1=O. The number of carbonyl (C=O) groups excluding carboxylic acids is 6. The summed E-state index contributed by atoms with van der Waals surface area (Å²) in [7, 11) is 0. The van der Waals surface area contributed by atoms with Crippen molar-refractivity contribution in [1.82, 2.24) is 10.1 Å². The molecular weight excluding hydrogens is 448 g/mol. The fourth-order valence-electron chi connectivity index (χ4n) is 5.34. The molecule has 0 aliphatic carbocycles. The summed E-state index contributed by atoms with van der Waals surface area (Å²) in [6.45, 7) is 7.69. The van der Waals surface area contributed by atoms with E-state index >= 15 is 0 Å². The lowest BCUT2D eigenvalue weighted by atomic mass is 10.0. The quantitative estimate of drug-likeness (QED) is 0.300. The molecule has 5 aliphatic rings. The molecule has 34 heavy (non-hydrogen) atoms. The van der Waals surface area contributed by atoms with Gasteiger partial charge in [-0.3, -0.25) is 19.2 Å². The molecule has 5 aliphatic heterocycles. The minimum absolute atomic E-state index is 0.0884. The van der Waals surface area contributed by atoms with Crippen LogP contribution in [0.4, 0.5) is 0 Å². The third-order valence-electron chi connectivity index (χ3n) is 7.57. The second-order valence-corrected chi connectivity index (χ2v) is 9.77. The highest BCUT2D eigenvalue weighted by Gasteiger charge is 2.48. The van der Waals surface area contributed by atoms with Gasteiger partial charge in [-0.05, 0) is 0 Å². The van der Waals surface area contributed by atoms with Gasteiger partial charge in [-0.1, -0.05) is 0 Å². The minimum atomic E-state index is -0.551. The van der Waals surface area contributed by atoms with Gasteiger partial charge in [0.05, 0.1) is 25.9 Å². The number of hydroxylamine groups is 4. The molecular formula is C22H32N4O8+2. The van der Waals surface area contributed by atoms with Crippen LogP contribution in [0.3, 0.4) is 0 Å². The Kier molecular flexibility index (Phi) is 6.99. The summed E-state index contributed by atoms with van der Waals surface area (Å²) in [5, 5.41) is 1.19. The van der Waals surface area contributed by atoms with Crippen LogP contribution in [0.15, 0.2) is 0 Å². The summed E-state index contributed by atoms with van der Waals surface area (Å²) in [5.74, 6) is -2.96. The largest absolute Gasteiger partial charge is 0.333 e. The Morgan fingerprint density at radius 1 is 0.588 bits per heavy atom. The van der Waals surface area contributed by atoms with E-state index in [1.807, 2.05) is 0 Å². The smallest absolute Gasteiger partial charge is 0.330 e. The lowest BCUT2D eigenvalue weighted by Crippen LogP contribution is -2.75. The number of rotatable bonds is 10. The number of nitrogens with zero attached hydrogens (tertiary/aromatic N) is 4. The van der Waals surface area contributed by atoms with Crippen molar-refractivity contribution in [3.05, 3.63) is 0 Å². The first kappa shape index (κ1) is 24.3. The van der Waals surface area contributed by atoms with Crippen LogP contribution in [0.25, 0.3) is 0 Å². The van der Waals surface area contributed by atoms with E-state index in [1.54, 1.807) is 0 Å². The number of quaternary nitrogens is 2. The lowest BCUT2D eigenvalue weighted by molar-refractivity contribution is -1.08. The van der Waals surface area contributed by atoms with Crippen molar-refractivity contribution in [1.29, 1.82) is 0 Å². The van der Waals surface area contributed by atoms with Gasteiger partial charge < -0.3 is 18.6 Å². The fourth-order valence-corrected chi connectivity index (χ4v) is 5.34. The number of amides is 4. The zero-order valence-electron chi connectivity index (χ0n) is 19.4. The molecule has 0 saturated carbocycles. The average Bonchev–Trinajstić information content (AvgIpc) is 3.30. The molecule has 5 fully saturated rings. The van der Waals surface area contributed by atoms with Crippen molar-refractivity contribution < 1.29 is 47.4 Å². The summed E-state index contributed by atoms with van der Waals surface area (Å²) in [4.78, 5) is 80.2. The van der Waals surface area contributed by atoms with Crippen LogP contribution in [0.1, 0.15) is 51.4 Å². The van der Waals surface area contributed by atoms with Gasteiger partial charge in [0.2, 0.25) is 0 Å². The summed E-state index contributed by atoms with van der Waals surface area (Å²) >= 11 is 0. The zero-order valence-corrected chi connectivity index (χ0v) is 19.4. The van der Waals surface area contributed by atoms with E-state index in [-0.39, 0.29) is 38.5 Å². The highest BCUT2D eigenvalue weighted by atomic mass is 16.7. The Morgan fingerprint density at radius 3 is 1.18 bits per heavy atom. The molecule has 0 unspecified atom stereocenters. The van der Waals surface area contributed by atoms with Crippen molar-refractivity contribution >= 4 is 35.6 Å². The van der Waals surface area contributed by atoms with Gasteiger partial charge in [-0.2, -0.15) is 0 Å². The van der Waals surface area contributed by atoms with Crippen LogP contribution in [0.2, 0.25) is 0 Å².